The smallest absolute Gasteiger partial charge is 0.326 e. The average Bonchev–Trinajstić information content (AvgIpc) is 2.77. The summed E-state index contributed by atoms with van der Waals surface area (Å²) in [5.74, 6) is -1.63. The van der Waals surface area contributed by atoms with Gasteiger partial charge in [0, 0.05) is 19.3 Å². The summed E-state index contributed by atoms with van der Waals surface area (Å²) in [6.07, 6.45) is 0.309. The Bertz CT molecular complexity index is 1000. The van der Waals surface area contributed by atoms with E-state index < -0.39 is 40.4 Å². The molecule has 0 spiro atoms. The summed E-state index contributed by atoms with van der Waals surface area (Å²) < 4.78 is 21.6. The summed E-state index contributed by atoms with van der Waals surface area (Å²) >= 11 is 0. The summed E-state index contributed by atoms with van der Waals surface area (Å²) in [6.45, 7) is 15.9. The maximum Gasteiger partial charge on any atom is 0.326 e. The SMILES string of the molecule is COC(=O)[C@](N)(Cc1ccc(OC(=O)C(C)(C)C)c(OC(=O)C(C)(C)C)c1)CC(C)OC(=O)CCC(C)C. The summed E-state index contributed by atoms with van der Waals surface area (Å²) in [5, 5.41) is 0. The Balaban J connectivity index is 3.28. The molecule has 1 rings (SSSR count). The van der Waals surface area contributed by atoms with Crippen molar-refractivity contribution in [1.82, 2.24) is 0 Å². The molecule has 0 bridgehead atoms. The second-order valence-corrected chi connectivity index (χ2v) is 12.3. The Hall–Kier alpha value is -2.94. The molecule has 0 amide bonds. The predicted octanol–water partition coefficient (Wildman–Crippen LogP) is 4.76. The van der Waals surface area contributed by atoms with E-state index in [9.17, 15) is 19.2 Å². The van der Waals surface area contributed by atoms with Gasteiger partial charge >= 0.3 is 23.9 Å². The van der Waals surface area contributed by atoms with Gasteiger partial charge in [-0.3, -0.25) is 19.2 Å². The molecule has 9 heteroatoms. The van der Waals surface area contributed by atoms with E-state index >= 15 is 0 Å². The summed E-state index contributed by atoms with van der Waals surface area (Å²) in [7, 11) is 1.23. The van der Waals surface area contributed by atoms with Crippen molar-refractivity contribution in [1.29, 1.82) is 0 Å². The number of rotatable bonds is 11. The monoisotopic (exact) mass is 535 g/mol. The number of carbonyl (C=O) groups excluding carboxylic acids is 4. The molecule has 0 aromatic heterocycles. The second-order valence-electron chi connectivity index (χ2n) is 12.3. The minimum atomic E-state index is -1.54. The zero-order valence-corrected chi connectivity index (χ0v) is 24.6. The van der Waals surface area contributed by atoms with Crippen LogP contribution in [-0.4, -0.2) is 42.6 Å². The molecule has 0 saturated heterocycles. The highest BCUT2D eigenvalue weighted by molar-refractivity contribution is 5.82. The number of nitrogens with two attached hydrogens (primary N) is 1. The molecule has 0 aliphatic carbocycles. The van der Waals surface area contributed by atoms with Crippen LogP contribution in [0.1, 0.15) is 87.1 Å². The fourth-order valence-corrected chi connectivity index (χ4v) is 3.37. The van der Waals surface area contributed by atoms with Crippen molar-refractivity contribution in [3.05, 3.63) is 23.8 Å². The van der Waals surface area contributed by atoms with Crippen LogP contribution in [0.4, 0.5) is 0 Å². The standard InChI is InChI=1S/C29H45NO8/c1-18(2)11-14-23(31)36-19(3)16-29(30,26(34)35-10)17-20-12-13-21(37-24(32)27(4,5)6)22(15-20)38-25(33)28(7,8)9/h12-13,15,18-19H,11,14,16-17,30H2,1-10H3/t19?,29-/m1/s1. The molecular formula is C29H45NO8. The van der Waals surface area contributed by atoms with E-state index in [4.69, 9.17) is 24.7 Å². The Kier molecular flexibility index (Phi) is 11.5. The normalized spacial score (nSPS) is 14.3. The predicted molar refractivity (Wildman–Crippen MR) is 144 cm³/mol. The van der Waals surface area contributed by atoms with Gasteiger partial charge in [0.25, 0.3) is 0 Å². The molecule has 1 aromatic carbocycles. The van der Waals surface area contributed by atoms with Crippen LogP contribution in [0.5, 0.6) is 11.5 Å². The van der Waals surface area contributed by atoms with Crippen LogP contribution in [0.2, 0.25) is 0 Å². The topological polar surface area (TPSA) is 131 Å². The van der Waals surface area contributed by atoms with Crippen molar-refractivity contribution in [2.45, 2.75) is 99.6 Å². The van der Waals surface area contributed by atoms with Gasteiger partial charge in [-0.05, 0) is 78.5 Å². The molecule has 0 aliphatic heterocycles. The number of benzene rings is 1. The quantitative estimate of drug-likeness (QED) is 0.315. The van der Waals surface area contributed by atoms with Gasteiger partial charge in [-0.25, -0.2) is 0 Å². The van der Waals surface area contributed by atoms with E-state index in [0.717, 1.165) is 0 Å². The first-order chi connectivity index (χ1) is 17.3. The maximum atomic E-state index is 12.7. The zero-order valence-electron chi connectivity index (χ0n) is 24.6. The van der Waals surface area contributed by atoms with Gasteiger partial charge in [0.2, 0.25) is 0 Å². The zero-order chi connectivity index (χ0) is 29.5. The molecule has 38 heavy (non-hydrogen) atoms. The molecule has 0 radical (unpaired) electrons. The highest BCUT2D eigenvalue weighted by Crippen LogP contribution is 2.34. The Morgan fingerprint density at radius 1 is 0.842 bits per heavy atom. The van der Waals surface area contributed by atoms with Crippen molar-refractivity contribution in [3.8, 4) is 11.5 Å². The molecule has 1 aromatic rings. The minimum Gasteiger partial charge on any atom is -0.468 e. The average molecular weight is 536 g/mol. The number of carbonyl (C=O) groups is 4. The lowest BCUT2D eigenvalue weighted by molar-refractivity contribution is -0.155. The van der Waals surface area contributed by atoms with Gasteiger partial charge in [-0.1, -0.05) is 19.9 Å². The van der Waals surface area contributed by atoms with E-state index in [2.05, 4.69) is 0 Å². The van der Waals surface area contributed by atoms with Crippen molar-refractivity contribution in [2.75, 3.05) is 7.11 Å². The Morgan fingerprint density at radius 2 is 1.37 bits per heavy atom. The molecular weight excluding hydrogens is 490 g/mol. The van der Waals surface area contributed by atoms with Crippen LogP contribution in [0.3, 0.4) is 0 Å². The van der Waals surface area contributed by atoms with Crippen LogP contribution < -0.4 is 15.2 Å². The first-order valence-corrected chi connectivity index (χ1v) is 12.9. The molecule has 0 saturated carbocycles. The van der Waals surface area contributed by atoms with Crippen LogP contribution in [-0.2, 0) is 35.1 Å². The van der Waals surface area contributed by atoms with Gasteiger partial charge in [0.05, 0.1) is 17.9 Å². The molecule has 214 valence electrons. The van der Waals surface area contributed by atoms with Crippen LogP contribution in [0.25, 0.3) is 0 Å². The fraction of sp³-hybridized carbons (Fsp3) is 0.655. The molecule has 2 atom stereocenters. The van der Waals surface area contributed by atoms with E-state index in [1.807, 2.05) is 13.8 Å². The third-order valence-corrected chi connectivity index (χ3v) is 5.66. The fourth-order valence-electron chi connectivity index (χ4n) is 3.37. The minimum absolute atomic E-state index is 0.00493. The summed E-state index contributed by atoms with van der Waals surface area (Å²) in [6, 6.07) is 4.64. The van der Waals surface area contributed by atoms with Gasteiger partial charge in [0.15, 0.2) is 11.5 Å². The number of esters is 4. The van der Waals surface area contributed by atoms with Gasteiger partial charge in [-0.2, -0.15) is 0 Å². The van der Waals surface area contributed by atoms with Crippen molar-refractivity contribution >= 4 is 23.9 Å². The van der Waals surface area contributed by atoms with Crippen LogP contribution >= 0.6 is 0 Å². The first-order valence-electron chi connectivity index (χ1n) is 12.9. The maximum absolute atomic E-state index is 12.7. The van der Waals surface area contributed by atoms with Gasteiger partial charge in [0.1, 0.15) is 11.6 Å². The Labute approximate surface area is 226 Å². The van der Waals surface area contributed by atoms with Crippen LogP contribution in [0, 0.1) is 16.7 Å². The molecule has 0 heterocycles. The van der Waals surface area contributed by atoms with E-state index in [0.29, 0.717) is 17.9 Å². The largest absolute Gasteiger partial charge is 0.468 e. The van der Waals surface area contributed by atoms with E-state index in [1.165, 1.54) is 19.2 Å². The molecule has 2 N–H and O–H groups in total. The third-order valence-electron chi connectivity index (χ3n) is 5.66. The number of hydrogen-bond donors (Lipinski definition) is 1. The lowest BCUT2D eigenvalue weighted by Crippen LogP contribution is -2.53. The molecule has 9 nitrogen and oxygen atoms in total. The lowest BCUT2D eigenvalue weighted by atomic mass is 9.86. The summed E-state index contributed by atoms with van der Waals surface area (Å²) in [5.41, 5.74) is 3.90. The lowest BCUT2D eigenvalue weighted by Gasteiger charge is -2.29. The highest BCUT2D eigenvalue weighted by Gasteiger charge is 2.38. The van der Waals surface area contributed by atoms with Crippen LogP contribution in [0.15, 0.2) is 18.2 Å². The van der Waals surface area contributed by atoms with Crippen molar-refractivity contribution in [3.63, 3.8) is 0 Å². The molecule has 0 fully saturated rings. The van der Waals surface area contributed by atoms with E-state index in [1.54, 1.807) is 54.5 Å². The van der Waals surface area contributed by atoms with Crippen molar-refractivity contribution in [2.24, 2.45) is 22.5 Å². The van der Waals surface area contributed by atoms with Gasteiger partial charge < -0.3 is 24.7 Å². The molecule has 1 unspecified atom stereocenters. The first kappa shape index (κ1) is 33.1. The Morgan fingerprint density at radius 3 is 1.84 bits per heavy atom. The number of hydrogen-bond acceptors (Lipinski definition) is 9. The number of ether oxygens (including phenoxy) is 4. The second kappa shape index (κ2) is 13.2. The number of methoxy groups -OCH3 is 1. The highest BCUT2D eigenvalue weighted by atomic mass is 16.6. The third kappa shape index (κ3) is 10.4. The molecule has 0 aliphatic rings. The van der Waals surface area contributed by atoms with Gasteiger partial charge in [-0.15, -0.1) is 0 Å². The van der Waals surface area contributed by atoms with E-state index in [-0.39, 0.29) is 36.7 Å². The van der Waals surface area contributed by atoms with Crippen molar-refractivity contribution < 1.29 is 38.1 Å². The summed E-state index contributed by atoms with van der Waals surface area (Å²) in [4.78, 5) is 50.1.